The van der Waals surface area contributed by atoms with E-state index in [-0.39, 0.29) is 0 Å². The van der Waals surface area contributed by atoms with E-state index in [2.05, 4.69) is 62.6 Å². The van der Waals surface area contributed by atoms with Gasteiger partial charge < -0.3 is 4.98 Å². The maximum atomic E-state index is 3.52. The minimum atomic E-state index is 1.17. The highest BCUT2D eigenvalue weighted by Crippen LogP contribution is 2.26. The number of hydrogen-bond donors (Lipinski definition) is 1. The monoisotopic (exact) mass is 335 g/mol. The summed E-state index contributed by atoms with van der Waals surface area (Å²) in [6.07, 6.45) is 2.02. The summed E-state index contributed by atoms with van der Waals surface area (Å²) in [5.41, 5.74) is 2.47. The summed E-state index contributed by atoms with van der Waals surface area (Å²) in [5, 5.41) is 1.29. The molecular weight excluding hydrogens is 329 g/mol. The average Bonchev–Trinajstić information content (AvgIpc) is 2.35. The molecule has 62 valence electrons. The van der Waals surface area contributed by atoms with Crippen molar-refractivity contribution in [3.8, 4) is 0 Å². The molecule has 12 heavy (non-hydrogen) atoms. The minimum absolute atomic E-state index is 1.17. The molecule has 1 heterocycles. The quantitative estimate of drug-likeness (QED) is 0.704. The lowest BCUT2D eigenvalue weighted by molar-refractivity contribution is 1.42. The molecule has 0 aliphatic heterocycles. The third-order valence-corrected chi connectivity index (χ3v) is 3.66. The zero-order chi connectivity index (χ0) is 8.72. The van der Waals surface area contributed by atoms with E-state index in [1.165, 1.54) is 24.5 Å². The van der Waals surface area contributed by atoms with Crippen LogP contribution in [0.25, 0.3) is 10.9 Å². The molecule has 0 spiro atoms. The van der Waals surface area contributed by atoms with Gasteiger partial charge in [0.05, 0.1) is 0 Å². The van der Waals surface area contributed by atoms with E-state index in [4.69, 9.17) is 0 Å². The van der Waals surface area contributed by atoms with Gasteiger partial charge in [0, 0.05) is 25.1 Å². The molecule has 0 aliphatic rings. The van der Waals surface area contributed by atoms with Crippen molar-refractivity contribution in [1.82, 2.24) is 4.98 Å². The highest BCUT2D eigenvalue weighted by atomic mass is 127. The summed E-state index contributed by atoms with van der Waals surface area (Å²) < 4.78 is 2.44. The number of halogens is 2. The van der Waals surface area contributed by atoms with Crippen LogP contribution in [0, 0.1) is 10.5 Å². The van der Waals surface area contributed by atoms with Crippen LogP contribution in [0.2, 0.25) is 0 Å². The van der Waals surface area contributed by atoms with E-state index in [0.717, 1.165) is 0 Å². The van der Waals surface area contributed by atoms with Gasteiger partial charge >= 0.3 is 0 Å². The largest absolute Gasteiger partial charge is 0.360 e. The van der Waals surface area contributed by atoms with Crippen molar-refractivity contribution in [3.05, 3.63) is 31.9 Å². The Balaban J connectivity index is 2.87. The first-order chi connectivity index (χ1) is 5.68. The summed E-state index contributed by atoms with van der Waals surface area (Å²) in [6, 6.07) is 4.31. The molecule has 1 nitrogen and oxygen atoms in total. The average molecular weight is 336 g/mol. The number of aromatic nitrogens is 1. The van der Waals surface area contributed by atoms with Crippen molar-refractivity contribution < 1.29 is 0 Å². The van der Waals surface area contributed by atoms with Crippen molar-refractivity contribution in [3.63, 3.8) is 0 Å². The molecule has 0 aliphatic carbocycles. The first-order valence-corrected chi connectivity index (χ1v) is 5.48. The second kappa shape index (κ2) is 3.03. The first-order valence-electron chi connectivity index (χ1n) is 3.61. The zero-order valence-corrected chi connectivity index (χ0v) is 10.2. The number of aromatic amines is 1. The predicted molar refractivity (Wildman–Crippen MR) is 63.5 cm³/mol. The van der Waals surface area contributed by atoms with Gasteiger partial charge in [-0.2, -0.15) is 0 Å². The number of nitrogens with one attached hydrogen (secondary N) is 1. The fourth-order valence-electron chi connectivity index (χ4n) is 1.22. The molecule has 0 fully saturated rings. The zero-order valence-electron chi connectivity index (χ0n) is 6.49. The number of rotatable bonds is 0. The molecule has 0 unspecified atom stereocenters. The topological polar surface area (TPSA) is 15.8 Å². The fourth-order valence-corrected chi connectivity index (χ4v) is 2.16. The Morgan fingerprint density at radius 2 is 2.17 bits per heavy atom. The molecule has 1 aromatic carbocycles. The Kier molecular flexibility index (Phi) is 2.16. The molecule has 0 radical (unpaired) electrons. The van der Waals surface area contributed by atoms with E-state index in [1.807, 2.05) is 6.20 Å². The molecule has 0 saturated heterocycles. The van der Waals surface area contributed by atoms with Gasteiger partial charge in [-0.15, -0.1) is 0 Å². The number of H-pyrrole nitrogens is 1. The summed E-state index contributed by atoms with van der Waals surface area (Å²) in [4.78, 5) is 3.23. The van der Waals surface area contributed by atoms with Crippen LogP contribution in [0.3, 0.4) is 0 Å². The second-order valence-electron chi connectivity index (χ2n) is 2.78. The Morgan fingerprint density at radius 3 is 2.92 bits per heavy atom. The third-order valence-electron chi connectivity index (χ3n) is 1.91. The van der Waals surface area contributed by atoms with Gasteiger partial charge in [0.25, 0.3) is 0 Å². The van der Waals surface area contributed by atoms with Crippen molar-refractivity contribution >= 4 is 49.4 Å². The van der Waals surface area contributed by atoms with Crippen LogP contribution < -0.4 is 0 Å². The smallest absolute Gasteiger partial charge is 0.0468 e. The lowest BCUT2D eigenvalue weighted by Gasteiger charge is -1.97. The fraction of sp³-hybridized carbons (Fsp3) is 0.111. The number of fused-ring (bicyclic) bond motifs is 1. The molecule has 1 N–H and O–H groups in total. The lowest BCUT2D eigenvalue weighted by atomic mass is 10.2. The Labute approximate surface area is 92.8 Å². The van der Waals surface area contributed by atoms with Gasteiger partial charge in [0.15, 0.2) is 0 Å². The maximum Gasteiger partial charge on any atom is 0.0468 e. The second-order valence-corrected chi connectivity index (χ2v) is 4.80. The maximum absolute atomic E-state index is 3.52. The summed E-state index contributed by atoms with van der Waals surface area (Å²) in [6.45, 7) is 2.09. The third kappa shape index (κ3) is 1.29. The molecule has 2 aromatic rings. The lowest BCUT2D eigenvalue weighted by Crippen LogP contribution is -1.76. The van der Waals surface area contributed by atoms with E-state index >= 15 is 0 Å². The summed E-state index contributed by atoms with van der Waals surface area (Å²) in [7, 11) is 0. The van der Waals surface area contributed by atoms with Crippen LogP contribution >= 0.6 is 38.5 Å². The Bertz CT molecular complexity index is 433. The van der Waals surface area contributed by atoms with Gasteiger partial charge in [-0.25, -0.2) is 0 Å². The Morgan fingerprint density at radius 1 is 1.42 bits per heavy atom. The molecule has 0 saturated carbocycles. The number of aryl methyl sites for hydroxylation is 1. The summed E-state index contributed by atoms with van der Waals surface area (Å²) in [5.74, 6) is 0. The molecule has 0 amide bonds. The molecule has 2 rings (SSSR count). The van der Waals surface area contributed by atoms with Crippen molar-refractivity contribution in [2.75, 3.05) is 0 Å². The first kappa shape index (κ1) is 8.56. The van der Waals surface area contributed by atoms with Gasteiger partial charge in [0.1, 0.15) is 0 Å². The molecule has 0 atom stereocenters. The van der Waals surface area contributed by atoms with Crippen molar-refractivity contribution in [2.24, 2.45) is 0 Å². The van der Waals surface area contributed by atoms with Crippen LogP contribution in [0.5, 0.6) is 0 Å². The van der Waals surface area contributed by atoms with E-state index in [0.29, 0.717) is 0 Å². The molecule has 1 aromatic heterocycles. The van der Waals surface area contributed by atoms with Gasteiger partial charge in [-0.3, -0.25) is 0 Å². The highest BCUT2D eigenvalue weighted by Gasteiger charge is 2.02. The number of hydrogen-bond acceptors (Lipinski definition) is 0. The van der Waals surface area contributed by atoms with E-state index in [1.54, 1.807) is 0 Å². The van der Waals surface area contributed by atoms with E-state index < -0.39 is 0 Å². The summed E-state index contributed by atoms with van der Waals surface area (Å²) >= 11 is 5.85. The van der Waals surface area contributed by atoms with Crippen LogP contribution in [-0.4, -0.2) is 4.98 Å². The van der Waals surface area contributed by atoms with Gasteiger partial charge in [-0.1, -0.05) is 15.9 Å². The van der Waals surface area contributed by atoms with Crippen LogP contribution in [0.4, 0.5) is 0 Å². The number of benzene rings is 1. The van der Waals surface area contributed by atoms with Gasteiger partial charge in [0.2, 0.25) is 0 Å². The Hall–Kier alpha value is -0.0300. The van der Waals surface area contributed by atoms with Crippen molar-refractivity contribution in [1.29, 1.82) is 0 Å². The van der Waals surface area contributed by atoms with Gasteiger partial charge in [-0.05, 0) is 47.2 Å². The highest BCUT2D eigenvalue weighted by molar-refractivity contribution is 14.1. The van der Waals surface area contributed by atoms with Crippen LogP contribution in [-0.2, 0) is 0 Å². The minimum Gasteiger partial charge on any atom is -0.360 e. The molecule has 0 bridgehead atoms. The van der Waals surface area contributed by atoms with Crippen LogP contribution in [0.1, 0.15) is 5.56 Å². The SMILES string of the molecule is Cc1cc2[nH]cc(I)c2cc1Br. The van der Waals surface area contributed by atoms with Crippen LogP contribution in [0.15, 0.2) is 22.8 Å². The normalized spacial score (nSPS) is 10.9. The predicted octanol–water partition coefficient (Wildman–Crippen LogP) is 3.84. The standard InChI is InChI=1S/C9H7BrIN/c1-5-2-9-6(3-7(5)10)8(11)4-12-9/h2-4,12H,1H3. The molecule has 3 heteroatoms. The van der Waals surface area contributed by atoms with E-state index in [9.17, 15) is 0 Å². The van der Waals surface area contributed by atoms with Crippen molar-refractivity contribution in [2.45, 2.75) is 6.92 Å². The molecular formula is C9H7BrIN.